The van der Waals surface area contributed by atoms with Crippen molar-refractivity contribution in [2.75, 3.05) is 7.11 Å². The number of carboxylic acids is 1. The van der Waals surface area contributed by atoms with Gasteiger partial charge in [0.2, 0.25) is 0 Å². The fourth-order valence-corrected chi connectivity index (χ4v) is 1.72. The van der Waals surface area contributed by atoms with E-state index in [1.165, 1.54) is 25.3 Å². The summed E-state index contributed by atoms with van der Waals surface area (Å²) in [5.74, 6) is -0.276. The van der Waals surface area contributed by atoms with Crippen molar-refractivity contribution in [2.45, 2.75) is 0 Å². The number of rotatable bonds is 3. The van der Waals surface area contributed by atoms with Gasteiger partial charge in [-0.3, -0.25) is 0 Å². The third-order valence-corrected chi connectivity index (χ3v) is 2.64. The molecule has 2 aromatic rings. The minimum Gasteiger partial charge on any atom is -0.508 e. The van der Waals surface area contributed by atoms with Crippen molar-refractivity contribution < 1.29 is 19.7 Å². The van der Waals surface area contributed by atoms with Gasteiger partial charge >= 0.3 is 5.97 Å². The molecule has 0 amide bonds. The zero-order valence-electron chi connectivity index (χ0n) is 9.75. The molecule has 2 rings (SSSR count). The van der Waals surface area contributed by atoms with Gasteiger partial charge in [0.05, 0.1) is 12.7 Å². The molecule has 0 atom stereocenters. The van der Waals surface area contributed by atoms with Crippen molar-refractivity contribution in [1.29, 1.82) is 0 Å². The summed E-state index contributed by atoms with van der Waals surface area (Å²) in [6, 6.07) is 11.1. The summed E-state index contributed by atoms with van der Waals surface area (Å²) in [5.41, 5.74) is 1.47. The fraction of sp³-hybridized carbons (Fsp3) is 0.0714. The van der Waals surface area contributed by atoms with Crippen LogP contribution < -0.4 is 4.74 Å². The zero-order chi connectivity index (χ0) is 13.1. The summed E-state index contributed by atoms with van der Waals surface area (Å²) in [7, 11) is 1.52. The Kier molecular flexibility index (Phi) is 3.19. The lowest BCUT2D eigenvalue weighted by Gasteiger charge is -2.09. The van der Waals surface area contributed by atoms with Gasteiger partial charge in [-0.15, -0.1) is 0 Å². The highest BCUT2D eigenvalue weighted by Crippen LogP contribution is 2.29. The summed E-state index contributed by atoms with van der Waals surface area (Å²) in [5, 5.41) is 18.4. The van der Waals surface area contributed by atoms with E-state index in [-0.39, 0.29) is 11.3 Å². The maximum atomic E-state index is 11.2. The number of phenols is 1. The van der Waals surface area contributed by atoms with Crippen LogP contribution >= 0.6 is 0 Å². The first kappa shape index (κ1) is 12.0. The third-order valence-electron chi connectivity index (χ3n) is 2.64. The summed E-state index contributed by atoms with van der Waals surface area (Å²) in [6.07, 6.45) is 0. The highest BCUT2D eigenvalue weighted by Gasteiger charge is 2.12. The Morgan fingerprint density at radius 2 is 1.78 bits per heavy atom. The van der Waals surface area contributed by atoms with Gasteiger partial charge in [-0.2, -0.15) is 0 Å². The SMILES string of the molecule is COc1ccc(C(=O)O)c(-c2ccc(O)cc2)c1. The Labute approximate surface area is 104 Å². The lowest BCUT2D eigenvalue weighted by Crippen LogP contribution is -2.00. The summed E-state index contributed by atoms with van der Waals surface area (Å²) in [6.45, 7) is 0. The van der Waals surface area contributed by atoms with Crippen LogP contribution in [0.5, 0.6) is 11.5 Å². The molecule has 0 heterocycles. The molecular weight excluding hydrogens is 232 g/mol. The van der Waals surface area contributed by atoms with Crippen LogP contribution in [0.15, 0.2) is 42.5 Å². The molecule has 0 aliphatic carbocycles. The van der Waals surface area contributed by atoms with Crippen LogP contribution in [0.1, 0.15) is 10.4 Å². The zero-order valence-corrected chi connectivity index (χ0v) is 9.75. The van der Waals surface area contributed by atoms with Gasteiger partial charge in [0.1, 0.15) is 11.5 Å². The topological polar surface area (TPSA) is 66.8 Å². The van der Waals surface area contributed by atoms with Gasteiger partial charge in [-0.25, -0.2) is 4.79 Å². The molecule has 0 saturated carbocycles. The minimum absolute atomic E-state index is 0.138. The van der Waals surface area contributed by atoms with Crippen molar-refractivity contribution in [3.63, 3.8) is 0 Å². The predicted octanol–water partition coefficient (Wildman–Crippen LogP) is 2.77. The standard InChI is InChI=1S/C14H12O4/c1-18-11-6-7-12(14(16)17)13(8-11)9-2-4-10(15)5-3-9/h2-8,15H,1H3,(H,16,17). The fourth-order valence-electron chi connectivity index (χ4n) is 1.72. The normalized spacial score (nSPS) is 10.1. The third kappa shape index (κ3) is 2.27. The van der Waals surface area contributed by atoms with Crippen molar-refractivity contribution in [1.82, 2.24) is 0 Å². The van der Waals surface area contributed by atoms with Crippen LogP contribution in [0.2, 0.25) is 0 Å². The van der Waals surface area contributed by atoms with E-state index in [2.05, 4.69) is 0 Å². The maximum Gasteiger partial charge on any atom is 0.336 e. The Hall–Kier alpha value is -2.49. The number of aromatic hydroxyl groups is 1. The van der Waals surface area contributed by atoms with E-state index >= 15 is 0 Å². The molecule has 0 aliphatic heterocycles. The number of phenolic OH excluding ortho intramolecular Hbond substituents is 1. The van der Waals surface area contributed by atoms with Gasteiger partial charge in [0.25, 0.3) is 0 Å². The number of benzene rings is 2. The molecule has 4 nitrogen and oxygen atoms in total. The minimum atomic E-state index is -0.999. The number of carbonyl (C=O) groups is 1. The lowest BCUT2D eigenvalue weighted by atomic mass is 9.99. The number of hydrogen-bond acceptors (Lipinski definition) is 3. The van der Waals surface area contributed by atoms with E-state index in [1.807, 2.05) is 0 Å². The summed E-state index contributed by atoms with van der Waals surface area (Å²) >= 11 is 0. The molecule has 2 aromatic carbocycles. The van der Waals surface area contributed by atoms with Crippen LogP contribution in [0.25, 0.3) is 11.1 Å². The molecule has 2 N–H and O–H groups in total. The average Bonchev–Trinajstić information content (AvgIpc) is 2.38. The van der Waals surface area contributed by atoms with E-state index in [0.717, 1.165) is 0 Å². The molecule has 92 valence electrons. The van der Waals surface area contributed by atoms with Crippen molar-refractivity contribution in [3.05, 3.63) is 48.0 Å². The average molecular weight is 244 g/mol. The van der Waals surface area contributed by atoms with E-state index < -0.39 is 5.97 Å². The molecule has 0 unspecified atom stereocenters. The van der Waals surface area contributed by atoms with Crippen LogP contribution in [0.4, 0.5) is 0 Å². The highest BCUT2D eigenvalue weighted by atomic mass is 16.5. The van der Waals surface area contributed by atoms with Crippen LogP contribution in [-0.4, -0.2) is 23.3 Å². The second-order valence-corrected chi connectivity index (χ2v) is 3.76. The van der Waals surface area contributed by atoms with E-state index in [9.17, 15) is 9.90 Å². The predicted molar refractivity (Wildman–Crippen MR) is 67.1 cm³/mol. The molecular formula is C14H12O4. The number of hydrogen-bond donors (Lipinski definition) is 2. The van der Waals surface area contributed by atoms with E-state index in [0.29, 0.717) is 16.9 Å². The van der Waals surface area contributed by atoms with Crippen LogP contribution in [-0.2, 0) is 0 Å². The van der Waals surface area contributed by atoms with E-state index in [4.69, 9.17) is 9.84 Å². The molecule has 4 heteroatoms. The first-order valence-electron chi connectivity index (χ1n) is 5.32. The Bertz CT molecular complexity index is 573. The van der Waals surface area contributed by atoms with Gasteiger partial charge in [-0.05, 0) is 41.5 Å². The van der Waals surface area contributed by atoms with Crippen LogP contribution in [0.3, 0.4) is 0 Å². The number of carboxylic acid groups (broad SMARTS) is 1. The second-order valence-electron chi connectivity index (χ2n) is 3.76. The molecule has 0 aromatic heterocycles. The monoisotopic (exact) mass is 244 g/mol. The number of aromatic carboxylic acids is 1. The van der Waals surface area contributed by atoms with Crippen molar-refractivity contribution in [2.24, 2.45) is 0 Å². The van der Waals surface area contributed by atoms with Crippen molar-refractivity contribution in [3.8, 4) is 22.6 Å². The molecule has 0 fully saturated rings. The number of ether oxygens (including phenoxy) is 1. The first-order valence-corrected chi connectivity index (χ1v) is 5.32. The number of methoxy groups -OCH3 is 1. The molecule has 0 radical (unpaired) electrons. The van der Waals surface area contributed by atoms with Gasteiger partial charge in [-0.1, -0.05) is 12.1 Å². The molecule has 0 bridgehead atoms. The van der Waals surface area contributed by atoms with E-state index in [1.54, 1.807) is 24.3 Å². The lowest BCUT2D eigenvalue weighted by molar-refractivity contribution is 0.0697. The summed E-state index contributed by atoms with van der Waals surface area (Å²) < 4.78 is 5.09. The summed E-state index contributed by atoms with van der Waals surface area (Å²) in [4.78, 5) is 11.2. The Morgan fingerprint density at radius 1 is 1.11 bits per heavy atom. The Morgan fingerprint density at radius 3 is 2.33 bits per heavy atom. The first-order chi connectivity index (χ1) is 8.61. The molecule has 0 spiro atoms. The van der Waals surface area contributed by atoms with Gasteiger partial charge in [0.15, 0.2) is 0 Å². The molecule has 0 saturated heterocycles. The van der Waals surface area contributed by atoms with Gasteiger partial charge in [0, 0.05) is 0 Å². The largest absolute Gasteiger partial charge is 0.508 e. The molecule has 0 aliphatic rings. The second kappa shape index (κ2) is 4.79. The van der Waals surface area contributed by atoms with Gasteiger partial charge < -0.3 is 14.9 Å². The van der Waals surface area contributed by atoms with Crippen molar-refractivity contribution >= 4 is 5.97 Å². The van der Waals surface area contributed by atoms with Crippen LogP contribution in [0, 0.1) is 0 Å². The smallest absolute Gasteiger partial charge is 0.336 e. The maximum absolute atomic E-state index is 11.2. The molecule has 18 heavy (non-hydrogen) atoms. The highest BCUT2D eigenvalue weighted by molar-refractivity contribution is 5.96. The Balaban J connectivity index is 2.59. The quantitative estimate of drug-likeness (QED) is 0.871.